The zero-order valence-electron chi connectivity index (χ0n) is 15.6. The lowest BCUT2D eigenvalue weighted by molar-refractivity contribution is -0.133. The normalized spacial score (nSPS) is 16.8. The lowest BCUT2D eigenvalue weighted by atomic mass is 9.98. The number of carbonyl (C=O) groups is 2. The van der Waals surface area contributed by atoms with E-state index in [1.807, 2.05) is 13.0 Å². The molecule has 2 heterocycles. The van der Waals surface area contributed by atoms with E-state index in [4.69, 9.17) is 5.26 Å². The van der Waals surface area contributed by atoms with Crippen molar-refractivity contribution in [3.63, 3.8) is 0 Å². The van der Waals surface area contributed by atoms with Gasteiger partial charge in [-0.1, -0.05) is 6.92 Å². The van der Waals surface area contributed by atoms with E-state index >= 15 is 0 Å². The number of carbonyl (C=O) groups excluding carboxylic acids is 2. The second kappa shape index (κ2) is 8.65. The third-order valence-corrected chi connectivity index (χ3v) is 4.97. The van der Waals surface area contributed by atoms with Crippen molar-refractivity contribution in [3.05, 3.63) is 32.7 Å². The molecule has 1 aromatic heterocycles. The number of rotatable bonds is 5. The Labute approximate surface area is 153 Å². The van der Waals surface area contributed by atoms with Gasteiger partial charge in [0.2, 0.25) is 11.8 Å². The average Bonchev–Trinajstić information content (AvgIpc) is 2.61. The summed E-state index contributed by atoms with van der Waals surface area (Å²) in [5.74, 6) is 0.0387. The molecule has 0 saturated carbocycles. The summed E-state index contributed by atoms with van der Waals surface area (Å²) in [5, 5.41) is 12.1. The third-order valence-electron chi connectivity index (χ3n) is 4.97. The Kier molecular flexibility index (Phi) is 6.56. The van der Waals surface area contributed by atoms with Crippen molar-refractivity contribution >= 4 is 11.8 Å². The number of hydrogen-bond acceptors (Lipinski definition) is 4. The fourth-order valence-electron chi connectivity index (χ4n) is 3.46. The van der Waals surface area contributed by atoms with Crippen LogP contribution in [-0.2, 0) is 16.0 Å². The number of likely N-dealkylation sites (tertiary alicyclic amines) is 1. The zero-order valence-corrected chi connectivity index (χ0v) is 15.6. The SMILES string of the molecule is CCC(=O)NC1CCCN(C(=O)CCc2c(C)[nH]c(=O)c(C#N)c2C)C1. The summed E-state index contributed by atoms with van der Waals surface area (Å²) in [5.41, 5.74) is 1.92. The van der Waals surface area contributed by atoms with Crippen LogP contribution < -0.4 is 10.9 Å². The highest BCUT2D eigenvalue weighted by molar-refractivity contribution is 5.78. The van der Waals surface area contributed by atoms with E-state index in [0.29, 0.717) is 43.6 Å². The molecule has 2 N–H and O–H groups in total. The molecule has 0 spiro atoms. The van der Waals surface area contributed by atoms with Crippen LogP contribution in [0.25, 0.3) is 0 Å². The zero-order chi connectivity index (χ0) is 19.3. The summed E-state index contributed by atoms with van der Waals surface area (Å²) in [7, 11) is 0. The molecule has 1 atom stereocenters. The molecule has 0 aromatic carbocycles. The van der Waals surface area contributed by atoms with Crippen molar-refractivity contribution in [1.29, 1.82) is 5.26 Å². The molecule has 2 amide bonds. The van der Waals surface area contributed by atoms with Gasteiger partial charge in [-0.2, -0.15) is 5.26 Å². The monoisotopic (exact) mass is 358 g/mol. The lowest BCUT2D eigenvalue weighted by Gasteiger charge is -2.33. The van der Waals surface area contributed by atoms with Gasteiger partial charge in [-0.15, -0.1) is 0 Å². The number of aromatic amines is 1. The van der Waals surface area contributed by atoms with Gasteiger partial charge >= 0.3 is 0 Å². The van der Waals surface area contributed by atoms with Crippen LogP contribution >= 0.6 is 0 Å². The maximum atomic E-state index is 12.6. The summed E-state index contributed by atoms with van der Waals surface area (Å²) in [6, 6.07) is 1.95. The standard InChI is InChI=1S/C19H26N4O3/c1-4-17(24)22-14-6-5-9-23(11-14)18(25)8-7-15-12(2)16(10-20)19(26)21-13(15)3/h14H,4-9,11H2,1-3H3,(H,21,26)(H,22,24). The Morgan fingerprint density at radius 1 is 1.38 bits per heavy atom. The van der Waals surface area contributed by atoms with E-state index < -0.39 is 0 Å². The first-order valence-corrected chi connectivity index (χ1v) is 9.06. The molecule has 7 nitrogen and oxygen atoms in total. The highest BCUT2D eigenvalue weighted by Crippen LogP contribution is 2.17. The van der Waals surface area contributed by atoms with Crippen LogP contribution in [0.1, 0.15) is 55.0 Å². The van der Waals surface area contributed by atoms with E-state index in [1.54, 1.807) is 18.7 Å². The van der Waals surface area contributed by atoms with E-state index in [9.17, 15) is 14.4 Å². The van der Waals surface area contributed by atoms with E-state index in [0.717, 1.165) is 18.4 Å². The molecular formula is C19H26N4O3. The highest BCUT2D eigenvalue weighted by atomic mass is 16.2. The maximum Gasteiger partial charge on any atom is 0.266 e. The van der Waals surface area contributed by atoms with Crippen molar-refractivity contribution in [2.24, 2.45) is 0 Å². The minimum atomic E-state index is -0.386. The van der Waals surface area contributed by atoms with Gasteiger partial charge in [-0.3, -0.25) is 14.4 Å². The first-order valence-electron chi connectivity index (χ1n) is 9.06. The van der Waals surface area contributed by atoms with E-state index in [2.05, 4.69) is 10.3 Å². The Bertz CT molecular complexity index is 791. The Hall–Kier alpha value is -2.62. The summed E-state index contributed by atoms with van der Waals surface area (Å²) in [6.45, 7) is 6.58. The van der Waals surface area contributed by atoms with Crippen molar-refractivity contribution in [1.82, 2.24) is 15.2 Å². The molecule has 7 heteroatoms. The number of H-pyrrole nitrogens is 1. The minimum Gasteiger partial charge on any atom is -0.352 e. The third kappa shape index (κ3) is 4.51. The Morgan fingerprint density at radius 2 is 2.12 bits per heavy atom. The molecule has 0 radical (unpaired) electrons. The fourth-order valence-corrected chi connectivity index (χ4v) is 3.46. The fraction of sp³-hybridized carbons (Fsp3) is 0.579. The van der Waals surface area contributed by atoms with Crippen molar-refractivity contribution in [3.8, 4) is 6.07 Å². The van der Waals surface area contributed by atoms with Crippen molar-refractivity contribution in [2.75, 3.05) is 13.1 Å². The number of aromatic nitrogens is 1. The second-order valence-electron chi connectivity index (χ2n) is 6.77. The van der Waals surface area contributed by atoms with Gasteiger partial charge in [0.15, 0.2) is 0 Å². The summed E-state index contributed by atoms with van der Waals surface area (Å²) in [6.07, 6.45) is 2.99. The van der Waals surface area contributed by atoms with Gasteiger partial charge in [0, 0.05) is 37.7 Å². The molecular weight excluding hydrogens is 332 g/mol. The predicted octanol–water partition coefficient (Wildman–Crippen LogP) is 1.31. The molecule has 0 bridgehead atoms. The number of amides is 2. The topological polar surface area (TPSA) is 106 Å². The smallest absolute Gasteiger partial charge is 0.266 e. The molecule has 2 rings (SSSR count). The molecule has 26 heavy (non-hydrogen) atoms. The molecule has 1 aliphatic heterocycles. The number of aryl methyl sites for hydroxylation is 1. The van der Waals surface area contributed by atoms with Crippen LogP contribution in [-0.4, -0.2) is 40.8 Å². The largest absolute Gasteiger partial charge is 0.352 e. The van der Waals surface area contributed by atoms with Gasteiger partial charge in [-0.05, 0) is 44.2 Å². The second-order valence-corrected chi connectivity index (χ2v) is 6.77. The van der Waals surface area contributed by atoms with Gasteiger partial charge < -0.3 is 15.2 Å². The van der Waals surface area contributed by atoms with E-state index in [-0.39, 0.29) is 29.0 Å². The van der Waals surface area contributed by atoms with Gasteiger partial charge in [0.05, 0.1) is 0 Å². The van der Waals surface area contributed by atoms with E-state index in [1.165, 1.54) is 0 Å². The van der Waals surface area contributed by atoms with Gasteiger partial charge in [0.25, 0.3) is 5.56 Å². The molecule has 1 aromatic rings. The van der Waals surface area contributed by atoms with Crippen molar-refractivity contribution < 1.29 is 9.59 Å². The number of hydrogen-bond donors (Lipinski definition) is 2. The summed E-state index contributed by atoms with van der Waals surface area (Å²) in [4.78, 5) is 40.4. The van der Waals surface area contributed by atoms with Gasteiger partial charge in [-0.25, -0.2) is 0 Å². The first kappa shape index (κ1) is 19.7. The Balaban J connectivity index is 2.02. The molecule has 1 fully saturated rings. The predicted molar refractivity (Wildman–Crippen MR) is 97.6 cm³/mol. The first-order chi connectivity index (χ1) is 12.4. The highest BCUT2D eigenvalue weighted by Gasteiger charge is 2.24. The van der Waals surface area contributed by atoms with Crippen LogP contribution in [0.2, 0.25) is 0 Å². The van der Waals surface area contributed by atoms with Crippen LogP contribution in [0.15, 0.2) is 4.79 Å². The molecule has 1 saturated heterocycles. The summed E-state index contributed by atoms with van der Waals surface area (Å²) >= 11 is 0. The van der Waals surface area contributed by atoms with Crippen LogP contribution in [0.4, 0.5) is 0 Å². The lowest BCUT2D eigenvalue weighted by Crippen LogP contribution is -2.49. The number of nitrogens with one attached hydrogen (secondary N) is 2. The van der Waals surface area contributed by atoms with Crippen LogP contribution in [0, 0.1) is 25.2 Å². The molecule has 1 unspecified atom stereocenters. The number of pyridine rings is 1. The minimum absolute atomic E-state index is 0.00724. The average molecular weight is 358 g/mol. The molecule has 0 aliphatic carbocycles. The van der Waals surface area contributed by atoms with Crippen molar-refractivity contribution in [2.45, 2.75) is 58.9 Å². The maximum absolute atomic E-state index is 12.6. The summed E-state index contributed by atoms with van der Waals surface area (Å²) < 4.78 is 0. The number of nitrogens with zero attached hydrogens (tertiary/aromatic N) is 2. The number of nitriles is 1. The molecule has 1 aliphatic rings. The van der Waals surface area contributed by atoms with Crippen LogP contribution in [0.5, 0.6) is 0 Å². The Morgan fingerprint density at radius 3 is 2.77 bits per heavy atom. The quantitative estimate of drug-likeness (QED) is 0.828. The van der Waals surface area contributed by atoms with Crippen LogP contribution in [0.3, 0.4) is 0 Å². The molecule has 140 valence electrons. The van der Waals surface area contributed by atoms with Gasteiger partial charge in [0.1, 0.15) is 11.6 Å². The number of piperidine rings is 1.